The summed E-state index contributed by atoms with van der Waals surface area (Å²) in [7, 11) is 1.61. The van der Waals surface area contributed by atoms with Gasteiger partial charge in [0.2, 0.25) is 0 Å². The molecule has 0 aliphatic heterocycles. The van der Waals surface area contributed by atoms with Crippen LogP contribution in [0.1, 0.15) is 15.9 Å². The topological polar surface area (TPSA) is 46.5 Å². The van der Waals surface area contributed by atoms with E-state index in [1.807, 2.05) is 37.3 Å². The van der Waals surface area contributed by atoms with Crippen LogP contribution in [0.5, 0.6) is 5.75 Å². The first-order chi connectivity index (χ1) is 9.10. The summed E-state index contributed by atoms with van der Waals surface area (Å²) in [6.45, 7) is 1.95. The standard InChI is InChI=1S/C15H14O3S/c1-10-6-7-13(15(16)17)14(8-10)19-12-5-3-4-11(9-12)18-2/h3-9H,1-2H3,(H,16,17). The lowest BCUT2D eigenvalue weighted by Crippen LogP contribution is -1.98. The Balaban J connectivity index is 2.36. The number of carbonyl (C=O) groups is 1. The first-order valence-corrected chi connectivity index (χ1v) is 6.57. The highest BCUT2D eigenvalue weighted by atomic mass is 32.2. The van der Waals surface area contributed by atoms with E-state index in [9.17, 15) is 9.90 Å². The van der Waals surface area contributed by atoms with Crippen molar-refractivity contribution in [2.75, 3.05) is 7.11 Å². The highest BCUT2D eigenvalue weighted by molar-refractivity contribution is 7.99. The van der Waals surface area contributed by atoms with Crippen molar-refractivity contribution in [2.45, 2.75) is 16.7 Å². The van der Waals surface area contributed by atoms with Crippen molar-refractivity contribution in [3.63, 3.8) is 0 Å². The predicted octanol–water partition coefficient (Wildman–Crippen LogP) is 3.85. The van der Waals surface area contributed by atoms with Gasteiger partial charge in [0.15, 0.2) is 0 Å². The first-order valence-electron chi connectivity index (χ1n) is 5.76. The fourth-order valence-corrected chi connectivity index (χ4v) is 2.77. The monoisotopic (exact) mass is 274 g/mol. The summed E-state index contributed by atoms with van der Waals surface area (Å²) in [5, 5.41) is 9.20. The summed E-state index contributed by atoms with van der Waals surface area (Å²) in [6, 6.07) is 12.9. The quantitative estimate of drug-likeness (QED) is 0.919. The number of aryl methyl sites for hydroxylation is 1. The number of ether oxygens (including phenoxy) is 1. The SMILES string of the molecule is COc1cccc(Sc2cc(C)ccc2C(=O)O)c1. The van der Waals surface area contributed by atoms with Crippen LogP contribution in [-0.2, 0) is 0 Å². The Morgan fingerprint density at radius 3 is 2.68 bits per heavy atom. The lowest BCUT2D eigenvalue weighted by atomic mass is 10.1. The molecule has 0 unspecified atom stereocenters. The molecule has 2 aromatic carbocycles. The molecule has 1 N–H and O–H groups in total. The number of rotatable bonds is 4. The van der Waals surface area contributed by atoms with Crippen LogP contribution < -0.4 is 4.74 Å². The second kappa shape index (κ2) is 5.80. The smallest absolute Gasteiger partial charge is 0.336 e. The molecule has 19 heavy (non-hydrogen) atoms. The zero-order valence-electron chi connectivity index (χ0n) is 10.7. The third-order valence-electron chi connectivity index (χ3n) is 2.64. The summed E-state index contributed by atoms with van der Waals surface area (Å²) in [5.74, 6) is -0.153. The van der Waals surface area contributed by atoms with Gasteiger partial charge >= 0.3 is 5.97 Å². The number of carboxylic acid groups (broad SMARTS) is 1. The van der Waals surface area contributed by atoms with Gasteiger partial charge in [-0.2, -0.15) is 0 Å². The van der Waals surface area contributed by atoms with Gasteiger partial charge in [0.1, 0.15) is 5.75 Å². The van der Waals surface area contributed by atoms with Crippen LogP contribution in [0.15, 0.2) is 52.3 Å². The van der Waals surface area contributed by atoms with Gasteiger partial charge in [0.25, 0.3) is 0 Å². The van der Waals surface area contributed by atoms with Gasteiger partial charge < -0.3 is 9.84 Å². The van der Waals surface area contributed by atoms with Crippen LogP contribution in [-0.4, -0.2) is 18.2 Å². The van der Waals surface area contributed by atoms with Gasteiger partial charge in [-0.15, -0.1) is 0 Å². The summed E-state index contributed by atoms with van der Waals surface area (Å²) >= 11 is 1.43. The van der Waals surface area contributed by atoms with E-state index < -0.39 is 5.97 Å². The minimum Gasteiger partial charge on any atom is -0.497 e. The van der Waals surface area contributed by atoms with Crippen molar-refractivity contribution in [3.05, 3.63) is 53.6 Å². The normalized spacial score (nSPS) is 10.2. The van der Waals surface area contributed by atoms with Crippen molar-refractivity contribution < 1.29 is 14.6 Å². The molecule has 0 radical (unpaired) electrons. The van der Waals surface area contributed by atoms with Crippen molar-refractivity contribution in [1.29, 1.82) is 0 Å². The molecule has 0 atom stereocenters. The molecule has 0 saturated carbocycles. The van der Waals surface area contributed by atoms with Gasteiger partial charge in [0.05, 0.1) is 12.7 Å². The van der Waals surface area contributed by atoms with E-state index in [1.165, 1.54) is 11.8 Å². The van der Waals surface area contributed by atoms with Gasteiger partial charge in [-0.1, -0.05) is 23.9 Å². The Morgan fingerprint density at radius 1 is 1.21 bits per heavy atom. The van der Waals surface area contributed by atoms with Crippen molar-refractivity contribution in [3.8, 4) is 5.75 Å². The summed E-state index contributed by atoms with van der Waals surface area (Å²) in [6.07, 6.45) is 0. The van der Waals surface area contributed by atoms with E-state index in [2.05, 4.69) is 0 Å². The van der Waals surface area contributed by atoms with E-state index in [0.717, 1.165) is 21.1 Å². The molecule has 0 spiro atoms. The number of methoxy groups -OCH3 is 1. The van der Waals surface area contributed by atoms with E-state index in [0.29, 0.717) is 5.56 Å². The van der Waals surface area contributed by atoms with Crippen molar-refractivity contribution >= 4 is 17.7 Å². The number of aromatic carboxylic acids is 1. The number of carboxylic acids is 1. The first kappa shape index (κ1) is 13.5. The molecule has 2 rings (SSSR count). The van der Waals surface area contributed by atoms with Crippen LogP contribution in [0.25, 0.3) is 0 Å². The molecule has 0 bridgehead atoms. The van der Waals surface area contributed by atoms with Crippen LogP contribution in [0.4, 0.5) is 0 Å². The molecule has 98 valence electrons. The zero-order chi connectivity index (χ0) is 13.8. The molecular weight excluding hydrogens is 260 g/mol. The maximum Gasteiger partial charge on any atom is 0.336 e. The molecule has 0 fully saturated rings. The van der Waals surface area contributed by atoms with Crippen LogP contribution >= 0.6 is 11.8 Å². The Bertz CT molecular complexity index is 608. The maximum absolute atomic E-state index is 11.2. The third kappa shape index (κ3) is 3.29. The molecule has 3 nitrogen and oxygen atoms in total. The van der Waals surface area contributed by atoms with E-state index in [4.69, 9.17) is 4.74 Å². The highest BCUT2D eigenvalue weighted by Crippen LogP contribution is 2.33. The Morgan fingerprint density at radius 2 is 2.00 bits per heavy atom. The minimum absolute atomic E-state index is 0.318. The Labute approximate surface area is 116 Å². The van der Waals surface area contributed by atoms with E-state index in [-0.39, 0.29) is 0 Å². The molecular formula is C15H14O3S. The molecule has 0 aromatic heterocycles. The average Bonchev–Trinajstić information content (AvgIpc) is 2.38. The maximum atomic E-state index is 11.2. The van der Waals surface area contributed by atoms with E-state index >= 15 is 0 Å². The van der Waals surface area contributed by atoms with Crippen LogP contribution in [0.2, 0.25) is 0 Å². The lowest BCUT2D eigenvalue weighted by molar-refractivity contribution is 0.0693. The fourth-order valence-electron chi connectivity index (χ4n) is 1.68. The van der Waals surface area contributed by atoms with Gasteiger partial charge in [-0.25, -0.2) is 4.79 Å². The number of hydrogen-bond donors (Lipinski definition) is 1. The molecule has 0 saturated heterocycles. The minimum atomic E-state index is -0.912. The average molecular weight is 274 g/mol. The largest absolute Gasteiger partial charge is 0.497 e. The van der Waals surface area contributed by atoms with Gasteiger partial charge in [-0.3, -0.25) is 0 Å². The summed E-state index contributed by atoms with van der Waals surface area (Å²) in [5.41, 5.74) is 1.36. The van der Waals surface area contributed by atoms with E-state index in [1.54, 1.807) is 19.2 Å². The molecule has 4 heteroatoms. The number of hydrogen-bond acceptors (Lipinski definition) is 3. The highest BCUT2D eigenvalue weighted by Gasteiger charge is 2.11. The van der Waals surface area contributed by atoms with Crippen molar-refractivity contribution in [2.24, 2.45) is 0 Å². The third-order valence-corrected chi connectivity index (χ3v) is 3.68. The summed E-state index contributed by atoms with van der Waals surface area (Å²) in [4.78, 5) is 12.9. The van der Waals surface area contributed by atoms with Crippen LogP contribution in [0, 0.1) is 6.92 Å². The molecule has 2 aromatic rings. The van der Waals surface area contributed by atoms with Crippen LogP contribution in [0.3, 0.4) is 0 Å². The second-order valence-electron chi connectivity index (χ2n) is 4.09. The molecule has 0 heterocycles. The van der Waals surface area contributed by atoms with Gasteiger partial charge in [0, 0.05) is 9.79 Å². The Hall–Kier alpha value is -1.94. The Kier molecular flexibility index (Phi) is 4.12. The number of benzene rings is 2. The van der Waals surface area contributed by atoms with Crippen molar-refractivity contribution in [1.82, 2.24) is 0 Å². The molecule has 0 amide bonds. The summed E-state index contributed by atoms with van der Waals surface area (Å²) < 4.78 is 5.16. The predicted molar refractivity (Wildman–Crippen MR) is 75.3 cm³/mol. The fraction of sp³-hybridized carbons (Fsp3) is 0.133. The molecule has 0 aliphatic carbocycles. The zero-order valence-corrected chi connectivity index (χ0v) is 11.5. The lowest BCUT2D eigenvalue weighted by Gasteiger charge is -2.08. The second-order valence-corrected chi connectivity index (χ2v) is 5.20. The molecule has 0 aliphatic rings. The van der Waals surface area contributed by atoms with Gasteiger partial charge in [-0.05, 0) is 42.8 Å².